The minimum atomic E-state index is -1.32. The molecular weight excluding hydrogens is 438 g/mol. The van der Waals surface area contributed by atoms with E-state index < -0.39 is 29.4 Å². The lowest BCUT2D eigenvalue weighted by Gasteiger charge is -2.05. The molecule has 0 unspecified atom stereocenters. The fraction of sp³-hybridized carbons (Fsp3) is 0.0500. The van der Waals surface area contributed by atoms with Crippen molar-refractivity contribution in [2.45, 2.75) is 6.42 Å². The van der Waals surface area contributed by atoms with Gasteiger partial charge in [-0.2, -0.15) is 0 Å². The molecule has 10 heteroatoms. The molecule has 2 N–H and O–H groups in total. The summed E-state index contributed by atoms with van der Waals surface area (Å²) in [5.74, 6) is -3.92. The first-order chi connectivity index (χ1) is 14.3. The SMILES string of the molecule is O=C(Nc1scc(-c2ccc(Cl)c(F)c2)c1C(=O)O)c1nc2c(o1)=CCC=CC=2F. The maximum absolute atomic E-state index is 14.0. The van der Waals surface area contributed by atoms with E-state index in [1.165, 1.54) is 23.6 Å². The third kappa shape index (κ3) is 3.64. The molecule has 1 aliphatic rings. The molecule has 0 spiro atoms. The Morgan fingerprint density at radius 3 is 2.83 bits per heavy atom. The zero-order valence-electron chi connectivity index (χ0n) is 14.9. The number of carbonyl (C=O) groups excluding carboxylic acids is 1. The molecule has 1 aliphatic carbocycles. The van der Waals surface area contributed by atoms with E-state index >= 15 is 0 Å². The minimum Gasteiger partial charge on any atom is -0.478 e. The Kier molecular flexibility index (Phi) is 5.23. The quantitative estimate of drug-likeness (QED) is 0.630. The third-order valence-corrected chi connectivity index (χ3v) is 5.44. The normalized spacial score (nSPS) is 12.8. The predicted molar refractivity (Wildman–Crippen MR) is 108 cm³/mol. The van der Waals surface area contributed by atoms with Gasteiger partial charge >= 0.3 is 11.9 Å². The molecule has 3 aromatic rings. The van der Waals surface area contributed by atoms with Gasteiger partial charge in [0.05, 0.1) is 5.02 Å². The summed E-state index contributed by atoms with van der Waals surface area (Å²) in [5, 5.41) is 13.3. The average molecular weight is 449 g/mol. The summed E-state index contributed by atoms with van der Waals surface area (Å²) in [4.78, 5) is 28.2. The summed E-state index contributed by atoms with van der Waals surface area (Å²) < 4.78 is 33.1. The van der Waals surface area contributed by atoms with Crippen LogP contribution in [0.2, 0.25) is 5.02 Å². The zero-order chi connectivity index (χ0) is 21.4. The van der Waals surface area contributed by atoms with E-state index in [0.717, 1.165) is 17.4 Å². The van der Waals surface area contributed by atoms with Crippen LogP contribution in [0.5, 0.6) is 0 Å². The molecule has 0 atom stereocenters. The molecule has 0 bridgehead atoms. The number of aromatic carboxylic acids is 1. The van der Waals surface area contributed by atoms with Gasteiger partial charge in [0, 0.05) is 10.9 Å². The van der Waals surface area contributed by atoms with E-state index in [4.69, 9.17) is 16.0 Å². The van der Waals surface area contributed by atoms with Crippen LogP contribution in [-0.4, -0.2) is 22.0 Å². The molecule has 0 saturated carbocycles. The number of allylic oxidation sites excluding steroid dienone is 2. The van der Waals surface area contributed by atoms with E-state index in [2.05, 4.69) is 10.3 Å². The summed E-state index contributed by atoms with van der Waals surface area (Å²) in [6.45, 7) is 0. The van der Waals surface area contributed by atoms with Gasteiger partial charge in [0.2, 0.25) is 0 Å². The smallest absolute Gasteiger partial charge is 0.339 e. The molecule has 0 fully saturated rings. The Morgan fingerprint density at radius 1 is 1.30 bits per heavy atom. The van der Waals surface area contributed by atoms with Gasteiger partial charge in [-0.3, -0.25) is 4.79 Å². The monoisotopic (exact) mass is 448 g/mol. The lowest BCUT2D eigenvalue weighted by Crippen LogP contribution is -2.23. The molecule has 30 heavy (non-hydrogen) atoms. The van der Waals surface area contributed by atoms with E-state index in [-0.39, 0.29) is 37.5 Å². The lowest BCUT2D eigenvalue weighted by molar-refractivity contribution is 0.0699. The van der Waals surface area contributed by atoms with E-state index in [9.17, 15) is 23.5 Å². The number of nitrogens with one attached hydrogen (secondary N) is 1. The van der Waals surface area contributed by atoms with Gasteiger partial charge in [0.1, 0.15) is 21.7 Å². The van der Waals surface area contributed by atoms with Crippen LogP contribution < -0.4 is 16.1 Å². The molecule has 1 amide bonds. The predicted octanol–water partition coefficient (Wildman–Crippen LogP) is 3.96. The zero-order valence-corrected chi connectivity index (χ0v) is 16.5. The van der Waals surface area contributed by atoms with Crippen molar-refractivity contribution in [2.75, 3.05) is 5.32 Å². The topological polar surface area (TPSA) is 92.4 Å². The first kappa shape index (κ1) is 20.0. The maximum Gasteiger partial charge on any atom is 0.339 e. The number of thiophene rings is 1. The summed E-state index contributed by atoms with van der Waals surface area (Å²) in [5.41, 5.74) is 0.381. The highest BCUT2D eigenvalue weighted by molar-refractivity contribution is 7.15. The second kappa shape index (κ2) is 7.85. The second-order valence-electron chi connectivity index (χ2n) is 6.16. The first-order valence-corrected chi connectivity index (χ1v) is 9.76. The highest BCUT2D eigenvalue weighted by Gasteiger charge is 2.24. The van der Waals surface area contributed by atoms with Crippen LogP contribution in [0.3, 0.4) is 0 Å². The van der Waals surface area contributed by atoms with Crippen LogP contribution >= 0.6 is 22.9 Å². The number of fused-ring (bicyclic) bond motifs is 1. The molecule has 0 saturated heterocycles. The highest BCUT2D eigenvalue weighted by atomic mass is 35.5. The van der Waals surface area contributed by atoms with Crippen molar-refractivity contribution < 1.29 is 27.9 Å². The molecular formula is C20H11ClF2N2O4S. The van der Waals surface area contributed by atoms with Gasteiger partial charge in [0.15, 0.2) is 11.2 Å². The van der Waals surface area contributed by atoms with Gasteiger partial charge in [-0.25, -0.2) is 18.6 Å². The number of benzene rings is 1. The number of amides is 1. The highest BCUT2D eigenvalue weighted by Crippen LogP contribution is 2.36. The van der Waals surface area contributed by atoms with Gasteiger partial charge in [-0.15, -0.1) is 11.3 Å². The standard InChI is InChI=1S/C20H11ClF2N2O4S/c21-11-6-5-9(7-13(11)23)10-8-30-19(15(10)20(27)28)25-17(26)18-24-16-12(22)3-1-2-4-14(16)29-18/h1,3-8H,2H2,(H,25,26)(H,27,28). The van der Waals surface area contributed by atoms with Crippen LogP contribution in [0.1, 0.15) is 27.5 Å². The van der Waals surface area contributed by atoms with Crippen LogP contribution in [-0.2, 0) is 0 Å². The molecule has 4 rings (SSSR count). The van der Waals surface area contributed by atoms with Gasteiger partial charge in [-0.1, -0.05) is 23.7 Å². The Bertz CT molecular complexity index is 1340. The summed E-state index contributed by atoms with van der Waals surface area (Å²) in [6, 6.07) is 3.89. The number of aromatic nitrogens is 1. The number of hydrogen-bond donors (Lipinski definition) is 2. The largest absolute Gasteiger partial charge is 0.478 e. The minimum absolute atomic E-state index is 0.000390. The molecule has 2 aromatic heterocycles. The van der Waals surface area contributed by atoms with Crippen molar-refractivity contribution in [1.29, 1.82) is 0 Å². The summed E-state index contributed by atoms with van der Waals surface area (Å²) in [6.07, 6.45) is 4.79. The number of carboxylic acids is 1. The Morgan fingerprint density at radius 2 is 2.10 bits per heavy atom. The number of nitrogens with zero attached hydrogens (tertiary/aromatic N) is 1. The molecule has 2 heterocycles. The van der Waals surface area contributed by atoms with Crippen molar-refractivity contribution in [3.8, 4) is 11.1 Å². The van der Waals surface area contributed by atoms with Gasteiger partial charge in [0.25, 0.3) is 5.89 Å². The van der Waals surface area contributed by atoms with Crippen LogP contribution in [0.15, 0.2) is 40.1 Å². The van der Waals surface area contributed by atoms with Crippen LogP contribution in [0.4, 0.5) is 13.8 Å². The first-order valence-electron chi connectivity index (χ1n) is 8.50. The lowest BCUT2D eigenvalue weighted by atomic mass is 10.0. The fourth-order valence-corrected chi connectivity index (χ4v) is 3.93. The molecule has 0 aliphatic heterocycles. The third-order valence-electron chi connectivity index (χ3n) is 4.24. The fourth-order valence-electron chi connectivity index (χ4n) is 2.86. The van der Waals surface area contributed by atoms with E-state index in [1.807, 2.05) is 0 Å². The number of rotatable bonds is 4. The molecule has 0 radical (unpaired) electrons. The van der Waals surface area contributed by atoms with E-state index in [1.54, 1.807) is 12.2 Å². The Hall–Kier alpha value is -3.30. The number of hydrogen-bond acceptors (Lipinski definition) is 5. The maximum atomic E-state index is 14.0. The Balaban J connectivity index is 1.71. The number of halogens is 3. The van der Waals surface area contributed by atoms with E-state index in [0.29, 0.717) is 6.42 Å². The Labute approximate surface area is 176 Å². The van der Waals surface area contributed by atoms with Crippen molar-refractivity contribution in [3.05, 3.63) is 68.8 Å². The average Bonchev–Trinajstić information content (AvgIpc) is 3.28. The summed E-state index contributed by atoms with van der Waals surface area (Å²) in [7, 11) is 0. The van der Waals surface area contributed by atoms with Crippen molar-refractivity contribution in [3.63, 3.8) is 0 Å². The number of carboxylic acid groups (broad SMARTS) is 1. The van der Waals surface area contributed by atoms with Crippen LogP contribution in [0.25, 0.3) is 23.0 Å². The van der Waals surface area contributed by atoms with Crippen molar-refractivity contribution in [1.82, 2.24) is 4.98 Å². The second-order valence-corrected chi connectivity index (χ2v) is 7.45. The number of carbonyl (C=O) groups is 2. The summed E-state index contributed by atoms with van der Waals surface area (Å²) >= 11 is 6.61. The molecule has 6 nitrogen and oxygen atoms in total. The van der Waals surface area contributed by atoms with Gasteiger partial charge in [-0.05, 0) is 36.3 Å². The molecule has 1 aromatic carbocycles. The molecule has 152 valence electrons. The number of oxazole rings is 1. The van der Waals surface area contributed by atoms with Crippen molar-refractivity contribution in [2.24, 2.45) is 0 Å². The number of anilines is 1. The van der Waals surface area contributed by atoms with Crippen molar-refractivity contribution >= 4 is 51.7 Å². The van der Waals surface area contributed by atoms with Crippen LogP contribution in [0, 0.1) is 5.82 Å². The van der Waals surface area contributed by atoms with Gasteiger partial charge < -0.3 is 14.8 Å².